The van der Waals surface area contributed by atoms with Crippen LogP contribution in [0.15, 0.2) is 18.2 Å². The Balaban J connectivity index is 2.08. The Morgan fingerprint density at radius 2 is 2.19 bits per heavy atom. The molecule has 1 amide bonds. The Morgan fingerprint density at radius 1 is 1.48 bits per heavy atom. The van der Waals surface area contributed by atoms with E-state index in [9.17, 15) is 9.18 Å². The fourth-order valence-corrected chi connectivity index (χ4v) is 2.03. The zero-order chi connectivity index (χ0) is 15.6. The van der Waals surface area contributed by atoms with Gasteiger partial charge in [0.25, 0.3) is 0 Å². The van der Waals surface area contributed by atoms with Gasteiger partial charge in [0.15, 0.2) is 0 Å². The first-order valence-corrected chi connectivity index (χ1v) is 6.43. The molecule has 1 aliphatic heterocycles. The number of cyclic esters (lactones) is 1. The molecule has 0 aromatic heterocycles. The molecule has 0 aliphatic carbocycles. The highest BCUT2D eigenvalue weighted by Crippen LogP contribution is 2.21. The number of amides is 1. The maximum Gasteiger partial charge on any atom is 0.491 e. The van der Waals surface area contributed by atoms with Gasteiger partial charge in [-0.3, -0.25) is 4.90 Å². The number of halogens is 1. The topological polar surface area (TPSA) is 102 Å². The average Bonchev–Trinajstić information content (AvgIpc) is 2.77. The van der Waals surface area contributed by atoms with E-state index in [1.807, 2.05) is 0 Å². The molecule has 0 spiro atoms. The molecule has 112 valence electrons. The zero-order valence-electron chi connectivity index (χ0n) is 11.4. The van der Waals surface area contributed by atoms with Crippen LogP contribution in [-0.2, 0) is 4.74 Å². The molecule has 0 radical (unpaired) electrons. The first-order chi connectivity index (χ1) is 9.88. The predicted molar refractivity (Wildman–Crippen MR) is 75.7 cm³/mol. The largest absolute Gasteiger partial charge is 0.491 e. The fourth-order valence-electron chi connectivity index (χ4n) is 2.03. The zero-order valence-corrected chi connectivity index (χ0v) is 11.4. The fraction of sp³-hybridized carbons (Fsp3) is 0.364. The highest BCUT2D eigenvalue weighted by atomic mass is 19.1. The van der Waals surface area contributed by atoms with E-state index in [0.29, 0.717) is 0 Å². The second-order valence-electron chi connectivity index (χ2n) is 4.78. The van der Waals surface area contributed by atoms with Crippen LogP contribution in [0.1, 0.15) is 0 Å². The van der Waals surface area contributed by atoms with Gasteiger partial charge in [-0.25, -0.2) is 9.18 Å². The summed E-state index contributed by atoms with van der Waals surface area (Å²) in [5.41, 5.74) is 0.0000770. The third-order valence-electron chi connectivity index (χ3n) is 3.09. The van der Waals surface area contributed by atoms with Crippen LogP contribution >= 0.6 is 0 Å². The second-order valence-corrected chi connectivity index (χ2v) is 4.78. The molecule has 0 saturated carbocycles. The monoisotopic (exact) mass is 296 g/mol. The van der Waals surface area contributed by atoms with Crippen molar-refractivity contribution in [3.05, 3.63) is 24.0 Å². The summed E-state index contributed by atoms with van der Waals surface area (Å²) < 4.78 is 18.8. The van der Waals surface area contributed by atoms with Gasteiger partial charge in [-0.05, 0) is 19.0 Å². The normalized spacial score (nSPS) is 17.9. The third kappa shape index (κ3) is 3.73. The molecule has 21 heavy (non-hydrogen) atoms. The summed E-state index contributed by atoms with van der Waals surface area (Å²) in [5.74, 6) is -0.819. The molecule has 1 aromatic carbocycles. The summed E-state index contributed by atoms with van der Waals surface area (Å²) in [6.07, 6.45) is -1.08. The van der Waals surface area contributed by atoms with E-state index < -0.39 is 32.2 Å². The lowest BCUT2D eigenvalue weighted by Gasteiger charge is -2.14. The Kier molecular flexibility index (Phi) is 4.84. The SMILES string of the molecule is CB(O)NCC1CN(c2ccc(B(O)O)c(F)c2)C(=O)O1. The molecule has 4 N–H and O–H groups in total. The first-order valence-electron chi connectivity index (χ1n) is 6.43. The molecular formula is C11H15B2FN2O5. The van der Waals surface area contributed by atoms with Crippen LogP contribution in [0.2, 0.25) is 6.82 Å². The number of carbonyl (C=O) groups is 1. The molecule has 1 saturated heterocycles. The van der Waals surface area contributed by atoms with Gasteiger partial charge in [0, 0.05) is 12.0 Å². The lowest BCUT2D eigenvalue weighted by molar-refractivity contribution is 0.142. The van der Waals surface area contributed by atoms with E-state index in [1.165, 1.54) is 17.0 Å². The van der Waals surface area contributed by atoms with E-state index in [-0.39, 0.29) is 24.2 Å². The number of nitrogens with zero attached hydrogens (tertiary/aromatic N) is 1. The van der Waals surface area contributed by atoms with Crippen LogP contribution in [0.25, 0.3) is 0 Å². The van der Waals surface area contributed by atoms with Crippen molar-refractivity contribution in [1.82, 2.24) is 5.23 Å². The van der Waals surface area contributed by atoms with Crippen molar-refractivity contribution in [1.29, 1.82) is 0 Å². The number of anilines is 1. The van der Waals surface area contributed by atoms with Crippen molar-refractivity contribution < 1.29 is 29.0 Å². The van der Waals surface area contributed by atoms with Gasteiger partial charge in [-0.2, -0.15) is 0 Å². The summed E-state index contributed by atoms with van der Waals surface area (Å²) in [6, 6.07) is 3.65. The number of benzene rings is 1. The lowest BCUT2D eigenvalue weighted by atomic mass is 9.80. The molecule has 10 heteroatoms. The first kappa shape index (κ1) is 15.8. The molecular weight excluding hydrogens is 281 g/mol. The average molecular weight is 296 g/mol. The molecule has 1 aliphatic rings. The van der Waals surface area contributed by atoms with Crippen molar-refractivity contribution in [3.8, 4) is 0 Å². The van der Waals surface area contributed by atoms with Crippen LogP contribution in [-0.4, -0.2) is 54.5 Å². The van der Waals surface area contributed by atoms with E-state index in [2.05, 4.69) is 5.23 Å². The van der Waals surface area contributed by atoms with Gasteiger partial charge < -0.3 is 25.0 Å². The summed E-state index contributed by atoms with van der Waals surface area (Å²) in [7, 11) is -2.63. The number of hydrogen-bond acceptors (Lipinski definition) is 6. The van der Waals surface area contributed by atoms with Gasteiger partial charge in [-0.1, -0.05) is 6.07 Å². The highest BCUT2D eigenvalue weighted by Gasteiger charge is 2.33. The molecule has 7 nitrogen and oxygen atoms in total. The summed E-state index contributed by atoms with van der Waals surface area (Å²) in [6.45, 7) is 2.03. The Hall–Kier alpha value is -1.61. The number of nitrogens with one attached hydrogen (secondary N) is 1. The van der Waals surface area contributed by atoms with Gasteiger partial charge in [-0.15, -0.1) is 0 Å². The molecule has 1 unspecified atom stereocenters. The van der Waals surface area contributed by atoms with E-state index in [1.54, 1.807) is 6.82 Å². The van der Waals surface area contributed by atoms with Gasteiger partial charge >= 0.3 is 20.3 Å². The number of hydrogen-bond donors (Lipinski definition) is 4. The van der Waals surface area contributed by atoms with Crippen molar-refractivity contribution in [2.45, 2.75) is 12.9 Å². The van der Waals surface area contributed by atoms with Crippen LogP contribution in [0.3, 0.4) is 0 Å². The minimum Gasteiger partial charge on any atom is -0.443 e. The molecule has 2 rings (SSSR count). The summed E-state index contributed by atoms with van der Waals surface area (Å²) in [4.78, 5) is 13.0. The van der Waals surface area contributed by atoms with Crippen molar-refractivity contribution >= 4 is 31.4 Å². The van der Waals surface area contributed by atoms with Crippen molar-refractivity contribution in [3.63, 3.8) is 0 Å². The van der Waals surface area contributed by atoms with Crippen molar-refractivity contribution in [2.75, 3.05) is 18.0 Å². The maximum absolute atomic E-state index is 13.7. The Labute approximate surface area is 121 Å². The van der Waals surface area contributed by atoms with Crippen LogP contribution in [0.4, 0.5) is 14.9 Å². The lowest BCUT2D eigenvalue weighted by Crippen LogP contribution is -2.38. The predicted octanol–water partition coefficient (Wildman–Crippen LogP) is -1.47. The Bertz CT molecular complexity index is 531. The second kappa shape index (κ2) is 6.44. The number of rotatable bonds is 5. The maximum atomic E-state index is 13.7. The van der Waals surface area contributed by atoms with Crippen LogP contribution in [0.5, 0.6) is 0 Å². The van der Waals surface area contributed by atoms with Gasteiger partial charge in [0.1, 0.15) is 11.9 Å². The van der Waals surface area contributed by atoms with E-state index in [0.717, 1.165) is 6.07 Å². The standard InChI is InChI=1S/C11H15B2FN2O5/c1-12(18)15-5-8-6-16(11(17)21-8)7-2-3-9(13(19)20)10(14)4-7/h2-4,8,15,18-20H,5-6H2,1H3. The molecule has 1 fully saturated rings. The third-order valence-corrected chi connectivity index (χ3v) is 3.09. The molecule has 1 aromatic rings. The molecule has 0 bridgehead atoms. The minimum absolute atomic E-state index is 0.207. The number of carbonyl (C=O) groups excluding carboxylic acids is 1. The van der Waals surface area contributed by atoms with E-state index >= 15 is 0 Å². The van der Waals surface area contributed by atoms with Crippen LogP contribution < -0.4 is 15.6 Å². The molecule has 1 heterocycles. The van der Waals surface area contributed by atoms with Crippen molar-refractivity contribution in [2.24, 2.45) is 0 Å². The van der Waals surface area contributed by atoms with E-state index in [4.69, 9.17) is 19.8 Å². The summed E-state index contributed by atoms with van der Waals surface area (Å²) >= 11 is 0. The Morgan fingerprint density at radius 3 is 2.76 bits per heavy atom. The quantitative estimate of drug-likeness (QED) is 0.495. The minimum atomic E-state index is -1.91. The van der Waals surface area contributed by atoms with Gasteiger partial charge in [0.2, 0.25) is 0 Å². The van der Waals surface area contributed by atoms with Crippen LogP contribution in [0, 0.1) is 5.82 Å². The number of ether oxygens (including phenoxy) is 1. The summed E-state index contributed by atoms with van der Waals surface area (Å²) in [5, 5.41) is 29.8. The smallest absolute Gasteiger partial charge is 0.443 e. The highest BCUT2D eigenvalue weighted by molar-refractivity contribution is 6.58. The molecule has 1 atom stereocenters. The van der Waals surface area contributed by atoms with Gasteiger partial charge in [0.05, 0.1) is 12.2 Å².